The summed E-state index contributed by atoms with van der Waals surface area (Å²) in [5.41, 5.74) is 0. The Morgan fingerprint density at radius 1 is 1.43 bits per heavy atom. The molecule has 0 heterocycles. The fourth-order valence-electron chi connectivity index (χ4n) is 1.14. The molecule has 0 atom stereocenters. The maximum atomic E-state index is 11.4. The van der Waals surface area contributed by atoms with Gasteiger partial charge in [-0.3, -0.25) is 9.59 Å². The summed E-state index contributed by atoms with van der Waals surface area (Å²) in [5.74, 6) is -0.864. The summed E-state index contributed by atoms with van der Waals surface area (Å²) in [4.78, 5) is 24.2. The van der Waals surface area contributed by atoms with Gasteiger partial charge in [-0.2, -0.15) is 0 Å². The lowest BCUT2D eigenvalue weighted by molar-refractivity contribution is -0.145. The minimum Gasteiger partial charge on any atom is -0.345 e. The molecule has 80 valence electrons. The van der Waals surface area contributed by atoms with Crippen LogP contribution in [0.1, 0.15) is 32.6 Å². The molecule has 0 bridgehead atoms. The average molecular weight is 198 g/mol. The third-order valence-corrected chi connectivity index (χ3v) is 2.30. The van der Waals surface area contributed by atoms with Crippen molar-refractivity contribution >= 4 is 11.8 Å². The van der Waals surface area contributed by atoms with E-state index in [2.05, 4.69) is 12.2 Å². The van der Waals surface area contributed by atoms with Crippen LogP contribution in [0, 0.1) is 0 Å². The lowest BCUT2D eigenvalue weighted by Gasteiger charge is -2.15. The Bertz CT molecular complexity index is 224. The van der Waals surface area contributed by atoms with Crippen molar-refractivity contribution in [2.24, 2.45) is 0 Å². The summed E-state index contributed by atoms with van der Waals surface area (Å²) in [6, 6.07) is 0.256. The van der Waals surface area contributed by atoms with E-state index in [0.717, 1.165) is 25.7 Å². The molecule has 1 aliphatic carbocycles. The van der Waals surface area contributed by atoms with Gasteiger partial charge in [0.1, 0.15) is 0 Å². The van der Waals surface area contributed by atoms with Crippen molar-refractivity contribution in [3.63, 3.8) is 0 Å². The zero-order chi connectivity index (χ0) is 10.6. The summed E-state index contributed by atoms with van der Waals surface area (Å²) >= 11 is 0. The zero-order valence-electron chi connectivity index (χ0n) is 8.88. The Labute approximate surface area is 84.7 Å². The Morgan fingerprint density at radius 3 is 2.57 bits per heavy atom. The number of rotatable bonds is 4. The van der Waals surface area contributed by atoms with Crippen molar-refractivity contribution < 1.29 is 9.59 Å². The molecule has 4 nitrogen and oxygen atoms in total. The van der Waals surface area contributed by atoms with Crippen LogP contribution in [0.15, 0.2) is 0 Å². The van der Waals surface area contributed by atoms with E-state index >= 15 is 0 Å². The molecule has 1 rings (SSSR count). The van der Waals surface area contributed by atoms with Crippen molar-refractivity contribution in [1.29, 1.82) is 0 Å². The van der Waals surface area contributed by atoms with Gasteiger partial charge in [-0.15, -0.1) is 0 Å². The molecular weight excluding hydrogens is 180 g/mol. The Morgan fingerprint density at radius 2 is 2.07 bits per heavy atom. The molecular formula is C10H18N2O2. The van der Waals surface area contributed by atoms with Crippen LogP contribution >= 0.6 is 0 Å². The third kappa shape index (κ3) is 3.36. The second-order valence-corrected chi connectivity index (χ2v) is 3.83. The molecule has 1 N–H and O–H groups in total. The maximum absolute atomic E-state index is 11.4. The highest BCUT2D eigenvalue weighted by atomic mass is 16.2. The second kappa shape index (κ2) is 4.98. The Balaban J connectivity index is 2.26. The molecule has 1 aliphatic rings. The topological polar surface area (TPSA) is 49.4 Å². The number of hydrogen-bond donors (Lipinski definition) is 1. The standard InChI is InChI=1S/C10H18N2O2/c1-3-4-7-12(2)10(14)9(13)11-8-5-6-8/h8H,3-7H2,1-2H3,(H,11,13). The zero-order valence-corrected chi connectivity index (χ0v) is 8.88. The van der Waals surface area contributed by atoms with Gasteiger partial charge in [0.15, 0.2) is 0 Å². The summed E-state index contributed by atoms with van der Waals surface area (Å²) in [6.07, 6.45) is 4.00. The largest absolute Gasteiger partial charge is 0.345 e. The summed E-state index contributed by atoms with van der Waals surface area (Å²) < 4.78 is 0. The van der Waals surface area contributed by atoms with Gasteiger partial charge in [-0.1, -0.05) is 13.3 Å². The van der Waals surface area contributed by atoms with E-state index in [1.807, 2.05) is 0 Å². The highest BCUT2D eigenvalue weighted by Crippen LogP contribution is 2.18. The number of likely N-dealkylation sites (N-methyl/N-ethyl adjacent to an activating group) is 1. The summed E-state index contributed by atoms with van der Waals surface area (Å²) in [7, 11) is 1.67. The molecule has 1 saturated carbocycles. The molecule has 0 aromatic rings. The molecule has 2 amide bonds. The SMILES string of the molecule is CCCCN(C)C(=O)C(=O)NC1CC1. The molecule has 0 aromatic heterocycles. The van der Waals surface area contributed by atoms with E-state index < -0.39 is 11.8 Å². The van der Waals surface area contributed by atoms with Crippen molar-refractivity contribution in [1.82, 2.24) is 10.2 Å². The minimum absolute atomic E-state index is 0.256. The van der Waals surface area contributed by atoms with Crippen molar-refractivity contribution in [3.05, 3.63) is 0 Å². The minimum atomic E-state index is -0.453. The smallest absolute Gasteiger partial charge is 0.311 e. The van der Waals surface area contributed by atoms with Crippen molar-refractivity contribution in [2.75, 3.05) is 13.6 Å². The van der Waals surface area contributed by atoms with E-state index in [1.165, 1.54) is 4.90 Å². The number of unbranched alkanes of at least 4 members (excludes halogenated alkanes) is 1. The molecule has 0 radical (unpaired) electrons. The lowest BCUT2D eigenvalue weighted by atomic mass is 10.3. The molecule has 0 saturated heterocycles. The van der Waals surface area contributed by atoms with Crippen molar-refractivity contribution in [3.8, 4) is 0 Å². The van der Waals surface area contributed by atoms with Crippen LogP contribution in [-0.2, 0) is 9.59 Å². The van der Waals surface area contributed by atoms with Crippen molar-refractivity contribution in [2.45, 2.75) is 38.6 Å². The Kier molecular flexibility index (Phi) is 3.92. The molecule has 0 unspecified atom stereocenters. The molecule has 0 aliphatic heterocycles. The predicted molar refractivity (Wildman–Crippen MR) is 53.7 cm³/mol. The number of carbonyl (C=O) groups is 2. The number of nitrogens with zero attached hydrogens (tertiary/aromatic N) is 1. The first-order chi connectivity index (χ1) is 6.65. The van der Waals surface area contributed by atoms with Gasteiger partial charge in [0.05, 0.1) is 0 Å². The van der Waals surface area contributed by atoms with E-state index in [-0.39, 0.29) is 6.04 Å². The van der Waals surface area contributed by atoms with Crippen LogP contribution in [0.5, 0.6) is 0 Å². The fourth-order valence-corrected chi connectivity index (χ4v) is 1.14. The predicted octanol–water partition coefficient (Wildman–Crippen LogP) is 0.523. The average Bonchev–Trinajstić information content (AvgIpc) is 2.96. The van der Waals surface area contributed by atoms with Gasteiger partial charge in [-0.05, 0) is 19.3 Å². The van der Waals surface area contributed by atoms with E-state index in [9.17, 15) is 9.59 Å². The normalized spacial score (nSPS) is 15.0. The number of nitrogens with one attached hydrogen (secondary N) is 1. The van der Waals surface area contributed by atoms with Gasteiger partial charge in [0, 0.05) is 19.6 Å². The van der Waals surface area contributed by atoms with Crippen LogP contribution in [0.4, 0.5) is 0 Å². The number of carbonyl (C=O) groups excluding carboxylic acids is 2. The first-order valence-corrected chi connectivity index (χ1v) is 5.21. The molecule has 0 spiro atoms. The van der Waals surface area contributed by atoms with Crippen LogP contribution in [-0.4, -0.2) is 36.3 Å². The lowest BCUT2D eigenvalue weighted by Crippen LogP contribution is -2.42. The van der Waals surface area contributed by atoms with Crippen LogP contribution in [0.2, 0.25) is 0 Å². The van der Waals surface area contributed by atoms with Crippen LogP contribution in [0.25, 0.3) is 0 Å². The van der Waals surface area contributed by atoms with Gasteiger partial charge < -0.3 is 10.2 Å². The fraction of sp³-hybridized carbons (Fsp3) is 0.800. The van der Waals surface area contributed by atoms with Gasteiger partial charge >= 0.3 is 11.8 Å². The Hall–Kier alpha value is -1.06. The molecule has 1 fully saturated rings. The van der Waals surface area contributed by atoms with E-state index in [1.54, 1.807) is 7.05 Å². The molecule has 0 aromatic carbocycles. The highest BCUT2D eigenvalue weighted by Gasteiger charge is 2.27. The van der Waals surface area contributed by atoms with E-state index in [0.29, 0.717) is 6.54 Å². The van der Waals surface area contributed by atoms with E-state index in [4.69, 9.17) is 0 Å². The third-order valence-electron chi connectivity index (χ3n) is 2.30. The first kappa shape index (κ1) is 11.0. The summed E-state index contributed by atoms with van der Waals surface area (Å²) in [6.45, 7) is 2.72. The first-order valence-electron chi connectivity index (χ1n) is 5.21. The molecule has 14 heavy (non-hydrogen) atoms. The van der Waals surface area contributed by atoms with Crippen LogP contribution in [0.3, 0.4) is 0 Å². The second-order valence-electron chi connectivity index (χ2n) is 3.83. The van der Waals surface area contributed by atoms with Gasteiger partial charge in [-0.25, -0.2) is 0 Å². The highest BCUT2D eigenvalue weighted by molar-refractivity contribution is 6.35. The van der Waals surface area contributed by atoms with Gasteiger partial charge in [0.25, 0.3) is 0 Å². The monoisotopic (exact) mass is 198 g/mol. The summed E-state index contributed by atoms with van der Waals surface area (Å²) in [5, 5.41) is 2.68. The van der Waals surface area contributed by atoms with Gasteiger partial charge in [0.2, 0.25) is 0 Å². The van der Waals surface area contributed by atoms with Crippen LogP contribution < -0.4 is 5.32 Å². The number of hydrogen-bond acceptors (Lipinski definition) is 2. The number of amides is 2. The molecule has 4 heteroatoms. The maximum Gasteiger partial charge on any atom is 0.311 e. The quantitative estimate of drug-likeness (QED) is 0.670.